The van der Waals surface area contributed by atoms with Crippen molar-refractivity contribution >= 4 is 17.3 Å². The van der Waals surface area contributed by atoms with E-state index >= 15 is 0 Å². The van der Waals surface area contributed by atoms with Crippen LogP contribution in [0.15, 0.2) is 18.2 Å². The van der Waals surface area contributed by atoms with Gasteiger partial charge in [-0.05, 0) is 25.1 Å². The fourth-order valence-electron chi connectivity index (χ4n) is 0.981. The molecule has 0 amide bonds. The van der Waals surface area contributed by atoms with E-state index in [1.165, 1.54) is 0 Å². The summed E-state index contributed by atoms with van der Waals surface area (Å²) in [4.78, 5) is 0. The molecule has 14 heavy (non-hydrogen) atoms. The topological polar surface area (TPSA) is 56.0 Å². The minimum absolute atomic E-state index is 0.413. The molecule has 0 aliphatic heterocycles. The predicted molar refractivity (Wildman–Crippen MR) is 56.3 cm³/mol. The molecule has 0 saturated heterocycles. The molecule has 1 aromatic rings. The Bertz CT molecular complexity index is 358. The van der Waals surface area contributed by atoms with Crippen LogP contribution in [0.5, 0.6) is 0 Å². The van der Waals surface area contributed by atoms with E-state index in [1.54, 1.807) is 25.1 Å². The SMILES string of the molecule is CC(O)CNc1ccc(C#N)c(Cl)c1. The summed E-state index contributed by atoms with van der Waals surface area (Å²) in [5.41, 5.74) is 1.25. The zero-order valence-electron chi connectivity index (χ0n) is 7.79. The lowest BCUT2D eigenvalue weighted by Crippen LogP contribution is -2.15. The number of nitrogens with zero attached hydrogens (tertiary/aromatic N) is 1. The van der Waals surface area contributed by atoms with Gasteiger partial charge >= 0.3 is 0 Å². The quantitative estimate of drug-likeness (QED) is 0.803. The first kappa shape index (κ1) is 10.8. The molecular formula is C10H11ClN2O. The lowest BCUT2D eigenvalue weighted by molar-refractivity contribution is 0.208. The number of rotatable bonds is 3. The normalized spacial score (nSPS) is 11.9. The Morgan fingerprint density at radius 2 is 2.36 bits per heavy atom. The molecule has 3 nitrogen and oxygen atoms in total. The second-order valence-corrected chi connectivity index (χ2v) is 3.44. The van der Waals surface area contributed by atoms with Crippen LogP contribution >= 0.6 is 11.6 Å². The molecule has 0 fully saturated rings. The molecule has 74 valence electrons. The van der Waals surface area contributed by atoms with Crippen molar-refractivity contribution < 1.29 is 5.11 Å². The minimum atomic E-state index is -0.413. The number of halogens is 1. The number of anilines is 1. The highest BCUT2D eigenvalue weighted by Gasteiger charge is 2.01. The third kappa shape index (κ3) is 2.91. The van der Waals surface area contributed by atoms with Crippen LogP contribution in [0.3, 0.4) is 0 Å². The van der Waals surface area contributed by atoms with Crippen LogP contribution in [-0.2, 0) is 0 Å². The summed E-state index contributed by atoms with van der Waals surface area (Å²) in [6.45, 7) is 2.15. The zero-order chi connectivity index (χ0) is 10.6. The average molecular weight is 211 g/mol. The number of benzene rings is 1. The monoisotopic (exact) mass is 210 g/mol. The summed E-state index contributed by atoms with van der Waals surface area (Å²) in [6, 6.07) is 7.05. The van der Waals surface area contributed by atoms with Crippen LogP contribution in [0.1, 0.15) is 12.5 Å². The number of hydrogen-bond acceptors (Lipinski definition) is 3. The second kappa shape index (κ2) is 4.85. The first-order valence-electron chi connectivity index (χ1n) is 4.25. The largest absolute Gasteiger partial charge is 0.392 e. The van der Waals surface area contributed by atoms with E-state index in [2.05, 4.69) is 5.32 Å². The van der Waals surface area contributed by atoms with E-state index in [0.29, 0.717) is 17.1 Å². The predicted octanol–water partition coefficient (Wildman–Crippen LogP) is 2.00. The van der Waals surface area contributed by atoms with Gasteiger partial charge in [-0.1, -0.05) is 11.6 Å². The zero-order valence-corrected chi connectivity index (χ0v) is 8.54. The van der Waals surface area contributed by atoms with Crippen LogP contribution < -0.4 is 5.32 Å². The standard InChI is InChI=1S/C10H11ClN2O/c1-7(14)6-13-9-3-2-8(5-12)10(11)4-9/h2-4,7,13-14H,6H2,1H3. The molecule has 4 heteroatoms. The summed E-state index contributed by atoms with van der Waals surface area (Å²) in [5, 5.41) is 21.1. The molecule has 1 unspecified atom stereocenters. The number of nitriles is 1. The van der Waals surface area contributed by atoms with E-state index in [0.717, 1.165) is 5.69 Å². The van der Waals surface area contributed by atoms with Gasteiger partial charge in [0.1, 0.15) is 6.07 Å². The van der Waals surface area contributed by atoms with E-state index in [-0.39, 0.29) is 0 Å². The van der Waals surface area contributed by atoms with Gasteiger partial charge in [-0.25, -0.2) is 0 Å². The maximum Gasteiger partial charge on any atom is 0.101 e. The van der Waals surface area contributed by atoms with Crippen LogP contribution in [-0.4, -0.2) is 17.8 Å². The van der Waals surface area contributed by atoms with Crippen molar-refractivity contribution in [3.63, 3.8) is 0 Å². The highest BCUT2D eigenvalue weighted by molar-refractivity contribution is 6.32. The lowest BCUT2D eigenvalue weighted by Gasteiger charge is -2.08. The van der Waals surface area contributed by atoms with Gasteiger partial charge in [-0.15, -0.1) is 0 Å². The molecule has 1 rings (SSSR count). The Morgan fingerprint density at radius 3 is 2.86 bits per heavy atom. The van der Waals surface area contributed by atoms with Crippen molar-refractivity contribution in [2.24, 2.45) is 0 Å². The molecule has 0 aliphatic rings. The summed E-state index contributed by atoms with van der Waals surface area (Å²) < 4.78 is 0. The van der Waals surface area contributed by atoms with E-state index in [4.69, 9.17) is 22.0 Å². The van der Waals surface area contributed by atoms with Gasteiger partial charge in [0.25, 0.3) is 0 Å². The maximum absolute atomic E-state index is 9.04. The van der Waals surface area contributed by atoms with E-state index < -0.39 is 6.10 Å². The molecule has 0 bridgehead atoms. The molecule has 0 spiro atoms. The van der Waals surface area contributed by atoms with E-state index in [1.807, 2.05) is 6.07 Å². The molecule has 0 saturated carbocycles. The number of aliphatic hydroxyl groups excluding tert-OH is 1. The van der Waals surface area contributed by atoms with Gasteiger partial charge in [-0.3, -0.25) is 0 Å². The van der Waals surface area contributed by atoms with Crippen molar-refractivity contribution in [2.45, 2.75) is 13.0 Å². The number of nitrogens with one attached hydrogen (secondary N) is 1. The van der Waals surface area contributed by atoms with Gasteiger partial charge in [0.15, 0.2) is 0 Å². The van der Waals surface area contributed by atoms with Gasteiger partial charge < -0.3 is 10.4 Å². The summed E-state index contributed by atoms with van der Waals surface area (Å²) in [6.07, 6.45) is -0.413. The third-order valence-electron chi connectivity index (χ3n) is 1.69. The van der Waals surface area contributed by atoms with Crippen molar-refractivity contribution in [2.75, 3.05) is 11.9 Å². The first-order valence-corrected chi connectivity index (χ1v) is 4.63. The first-order chi connectivity index (χ1) is 6.63. The van der Waals surface area contributed by atoms with Crippen LogP contribution in [0.4, 0.5) is 5.69 Å². The van der Waals surface area contributed by atoms with Gasteiger partial charge in [0.2, 0.25) is 0 Å². The highest BCUT2D eigenvalue weighted by atomic mass is 35.5. The lowest BCUT2D eigenvalue weighted by atomic mass is 10.2. The maximum atomic E-state index is 9.04. The molecule has 0 aromatic heterocycles. The molecule has 1 atom stereocenters. The van der Waals surface area contributed by atoms with Crippen molar-refractivity contribution in [1.82, 2.24) is 0 Å². The molecule has 0 aliphatic carbocycles. The number of hydrogen-bond donors (Lipinski definition) is 2. The molecule has 0 radical (unpaired) electrons. The Morgan fingerprint density at radius 1 is 1.64 bits per heavy atom. The molecular weight excluding hydrogens is 200 g/mol. The Balaban J connectivity index is 2.73. The van der Waals surface area contributed by atoms with Crippen molar-refractivity contribution in [3.8, 4) is 6.07 Å². The van der Waals surface area contributed by atoms with Crippen molar-refractivity contribution in [3.05, 3.63) is 28.8 Å². The molecule has 1 aromatic carbocycles. The average Bonchev–Trinajstić information content (AvgIpc) is 2.15. The van der Waals surface area contributed by atoms with Crippen LogP contribution in [0.25, 0.3) is 0 Å². The van der Waals surface area contributed by atoms with Crippen molar-refractivity contribution in [1.29, 1.82) is 5.26 Å². The van der Waals surface area contributed by atoms with Crippen LogP contribution in [0.2, 0.25) is 5.02 Å². The highest BCUT2D eigenvalue weighted by Crippen LogP contribution is 2.19. The summed E-state index contributed by atoms with van der Waals surface area (Å²) in [7, 11) is 0. The third-order valence-corrected chi connectivity index (χ3v) is 2.00. The van der Waals surface area contributed by atoms with Gasteiger partial charge in [0, 0.05) is 12.2 Å². The summed E-state index contributed by atoms with van der Waals surface area (Å²) >= 11 is 5.82. The van der Waals surface area contributed by atoms with Gasteiger partial charge in [0.05, 0.1) is 16.7 Å². The second-order valence-electron chi connectivity index (χ2n) is 3.04. The fraction of sp³-hybridized carbons (Fsp3) is 0.300. The molecule has 2 N–H and O–H groups in total. The van der Waals surface area contributed by atoms with Gasteiger partial charge in [-0.2, -0.15) is 5.26 Å². The Kier molecular flexibility index (Phi) is 3.75. The van der Waals surface area contributed by atoms with Crippen LogP contribution in [0, 0.1) is 11.3 Å². The Labute approximate surface area is 87.9 Å². The minimum Gasteiger partial charge on any atom is -0.392 e. The fourth-order valence-corrected chi connectivity index (χ4v) is 1.20. The molecule has 0 heterocycles. The number of aliphatic hydroxyl groups is 1. The summed E-state index contributed by atoms with van der Waals surface area (Å²) in [5.74, 6) is 0. The Hall–Kier alpha value is -1.24. The van der Waals surface area contributed by atoms with E-state index in [9.17, 15) is 0 Å². The smallest absolute Gasteiger partial charge is 0.101 e.